The molecule has 0 aliphatic rings. The van der Waals surface area contributed by atoms with Crippen LogP contribution in [0.4, 0.5) is 11.8 Å². The zero-order valence-corrected chi connectivity index (χ0v) is 11.8. The Labute approximate surface area is 117 Å². The van der Waals surface area contributed by atoms with Gasteiger partial charge in [0, 0.05) is 24.8 Å². The lowest BCUT2D eigenvalue weighted by Gasteiger charge is -2.09. The largest absolute Gasteiger partial charge is 0.370 e. The second-order valence-corrected chi connectivity index (χ2v) is 4.28. The van der Waals surface area contributed by atoms with Crippen LogP contribution in [0, 0.1) is 0 Å². The molecule has 0 aromatic carbocycles. The van der Waals surface area contributed by atoms with Crippen molar-refractivity contribution < 1.29 is 4.79 Å². The minimum atomic E-state index is -0.225. The summed E-state index contributed by atoms with van der Waals surface area (Å²) in [6.07, 6.45) is 2.16. The van der Waals surface area contributed by atoms with Crippen LogP contribution in [-0.2, 0) is 13.5 Å². The molecule has 2 rings (SSSR count). The summed E-state index contributed by atoms with van der Waals surface area (Å²) >= 11 is 0. The Bertz CT molecular complexity index is 607. The number of aromatic nitrogens is 4. The van der Waals surface area contributed by atoms with E-state index < -0.39 is 0 Å². The van der Waals surface area contributed by atoms with E-state index >= 15 is 0 Å². The number of hydrogen-bond donors (Lipinski definition) is 2. The predicted octanol–water partition coefficient (Wildman–Crippen LogP) is 1.46. The molecule has 7 heteroatoms. The molecule has 0 unspecified atom stereocenters. The predicted molar refractivity (Wildman–Crippen MR) is 76.7 cm³/mol. The van der Waals surface area contributed by atoms with E-state index in [-0.39, 0.29) is 5.91 Å². The fourth-order valence-electron chi connectivity index (χ4n) is 1.75. The van der Waals surface area contributed by atoms with E-state index in [2.05, 4.69) is 25.7 Å². The van der Waals surface area contributed by atoms with E-state index in [1.54, 1.807) is 19.2 Å². The zero-order chi connectivity index (χ0) is 14.5. The Morgan fingerprint density at radius 1 is 1.35 bits per heavy atom. The van der Waals surface area contributed by atoms with Crippen molar-refractivity contribution >= 4 is 17.7 Å². The molecule has 2 aromatic heterocycles. The van der Waals surface area contributed by atoms with Gasteiger partial charge in [0.05, 0.1) is 0 Å². The van der Waals surface area contributed by atoms with E-state index in [4.69, 9.17) is 0 Å². The molecule has 0 radical (unpaired) electrons. The topological polar surface area (TPSA) is 84.7 Å². The first-order valence-electron chi connectivity index (χ1n) is 6.54. The van der Waals surface area contributed by atoms with Gasteiger partial charge in [0.25, 0.3) is 5.91 Å². The van der Waals surface area contributed by atoms with Crippen molar-refractivity contribution in [2.75, 3.05) is 17.2 Å². The molecule has 0 fully saturated rings. The zero-order valence-electron chi connectivity index (χ0n) is 11.8. The summed E-state index contributed by atoms with van der Waals surface area (Å²) in [5.74, 6) is 0.891. The van der Waals surface area contributed by atoms with Crippen molar-refractivity contribution in [3.8, 4) is 0 Å². The summed E-state index contributed by atoms with van der Waals surface area (Å²) in [6, 6.07) is 3.51. The van der Waals surface area contributed by atoms with Gasteiger partial charge in [0.1, 0.15) is 12.1 Å². The smallest absolute Gasteiger partial charge is 0.258 e. The van der Waals surface area contributed by atoms with Crippen LogP contribution in [-0.4, -0.2) is 32.2 Å². The average Bonchev–Trinajstić information content (AvgIpc) is 2.84. The number of anilines is 2. The first kappa shape index (κ1) is 14.0. The van der Waals surface area contributed by atoms with Crippen molar-refractivity contribution in [1.82, 2.24) is 19.7 Å². The third-order valence-corrected chi connectivity index (χ3v) is 2.80. The first-order valence-corrected chi connectivity index (χ1v) is 6.54. The summed E-state index contributed by atoms with van der Waals surface area (Å²) in [5.41, 5.74) is 1.42. The number of aryl methyl sites for hydroxylation is 2. The average molecular weight is 274 g/mol. The van der Waals surface area contributed by atoms with Gasteiger partial charge < -0.3 is 5.32 Å². The molecule has 0 bridgehead atoms. The van der Waals surface area contributed by atoms with E-state index in [0.717, 1.165) is 18.7 Å². The highest BCUT2D eigenvalue weighted by Gasteiger charge is 2.12. The molecule has 0 saturated carbocycles. The maximum absolute atomic E-state index is 12.2. The third-order valence-electron chi connectivity index (χ3n) is 2.80. The lowest BCUT2D eigenvalue weighted by molar-refractivity contribution is 0.102. The molecule has 0 spiro atoms. The second kappa shape index (κ2) is 6.14. The number of carbonyl (C=O) groups is 1. The van der Waals surface area contributed by atoms with E-state index in [0.29, 0.717) is 17.3 Å². The number of nitrogens with one attached hydrogen (secondary N) is 2. The Balaban J connectivity index is 2.24. The van der Waals surface area contributed by atoms with Crippen molar-refractivity contribution in [1.29, 1.82) is 0 Å². The second-order valence-electron chi connectivity index (χ2n) is 4.28. The first-order chi connectivity index (χ1) is 9.63. The molecule has 2 heterocycles. The van der Waals surface area contributed by atoms with Gasteiger partial charge in [-0.05, 0) is 25.5 Å². The summed E-state index contributed by atoms with van der Waals surface area (Å²) in [7, 11) is 1.72. The van der Waals surface area contributed by atoms with Gasteiger partial charge in [0.15, 0.2) is 0 Å². The quantitative estimate of drug-likeness (QED) is 0.862. The Morgan fingerprint density at radius 2 is 2.15 bits per heavy atom. The maximum Gasteiger partial charge on any atom is 0.258 e. The van der Waals surface area contributed by atoms with Crippen LogP contribution in [0.25, 0.3) is 0 Å². The minimum Gasteiger partial charge on any atom is -0.370 e. The summed E-state index contributed by atoms with van der Waals surface area (Å²) in [6.45, 7) is 4.74. The summed E-state index contributed by atoms with van der Waals surface area (Å²) in [5, 5.41) is 9.76. The Kier molecular flexibility index (Phi) is 4.29. The molecule has 7 nitrogen and oxygen atoms in total. The van der Waals surface area contributed by atoms with Crippen LogP contribution in [0.5, 0.6) is 0 Å². The van der Waals surface area contributed by atoms with Crippen LogP contribution in [0.1, 0.15) is 29.9 Å². The van der Waals surface area contributed by atoms with Crippen molar-refractivity contribution in [2.24, 2.45) is 7.05 Å². The molecule has 0 atom stereocenters. The molecule has 20 heavy (non-hydrogen) atoms. The number of nitrogens with zero attached hydrogens (tertiary/aromatic N) is 4. The number of rotatable bonds is 5. The van der Waals surface area contributed by atoms with Gasteiger partial charge >= 0.3 is 0 Å². The normalized spacial score (nSPS) is 10.3. The van der Waals surface area contributed by atoms with Crippen molar-refractivity contribution in [3.63, 3.8) is 0 Å². The lowest BCUT2D eigenvalue weighted by atomic mass is 10.2. The van der Waals surface area contributed by atoms with Crippen molar-refractivity contribution in [2.45, 2.75) is 20.3 Å². The minimum absolute atomic E-state index is 0.225. The van der Waals surface area contributed by atoms with E-state index in [1.807, 2.05) is 13.8 Å². The highest BCUT2D eigenvalue weighted by atomic mass is 16.1. The van der Waals surface area contributed by atoms with Gasteiger partial charge in [-0.15, -0.1) is 0 Å². The van der Waals surface area contributed by atoms with Gasteiger partial charge in [-0.1, -0.05) is 6.92 Å². The molecule has 0 saturated heterocycles. The highest BCUT2D eigenvalue weighted by Crippen LogP contribution is 2.13. The number of amides is 1. The maximum atomic E-state index is 12.2. The van der Waals surface area contributed by atoms with Crippen molar-refractivity contribution in [3.05, 3.63) is 29.7 Å². The molecule has 106 valence electrons. The van der Waals surface area contributed by atoms with Crippen LogP contribution in [0.3, 0.4) is 0 Å². The van der Waals surface area contributed by atoms with Gasteiger partial charge in [-0.2, -0.15) is 10.1 Å². The number of pyridine rings is 1. The monoisotopic (exact) mass is 274 g/mol. The standard InChI is InChI=1S/C13H18N6O/c1-4-10-6-9(7-11(17-10)14-5-2)12(20)18-13-15-8-16-19(13)3/h6-8H,4-5H2,1-3H3,(H,14,17)(H,15,16,18,20). The van der Waals surface area contributed by atoms with Crippen LogP contribution in [0.2, 0.25) is 0 Å². The highest BCUT2D eigenvalue weighted by molar-refractivity contribution is 6.03. The van der Waals surface area contributed by atoms with Gasteiger partial charge in [0.2, 0.25) is 5.95 Å². The molecular weight excluding hydrogens is 256 g/mol. The molecule has 1 amide bonds. The van der Waals surface area contributed by atoms with E-state index in [1.165, 1.54) is 11.0 Å². The number of carbonyl (C=O) groups excluding carboxylic acids is 1. The van der Waals surface area contributed by atoms with E-state index in [9.17, 15) is 4.79 Å². The third kappa shape index (κ3) is 3.11. The number of hydrogen-bond acceptors (Lipinski definition) is 5. The summed E-state index contributed by atoms with van der Waals surface area (Å²) < 4.78 is 1.50. The van der Waals surface area contributed by atoms with Gasteiger partial charge in [-0.25, -0.2) is 9.67 Å². The molecular formula is C13H18N6O. The Hall–Kier alpha value is -2.44. The lowest BCUT2D eigenvalue weighted by Crippen LogP contribution is -2.16. The van der Waals surface area contributed by atoms with Crippen LogP contribution >= 0.6 is 0 Å². The van der Waals surface area contributed by atoms with Crippen LogP contribution in [0.15, 0.2) is 18.5 Å². The fraction of sp³-hybridized carbons (Fsp3) is 0.385. The SMILES string of the molecule is CCNc1cc(C(=O)Nc2ncnn2C)cc(CC)n1. The molecule has 0 aliphatic carbocycles. The van der Waals surface area contributed by atoms with Crippen LogP contribution < -0.4 is 10.6 Å². The molecule has 0 aliphatic heterocycles. The fourth-order valence-corrected chi connectivity index (χ4v) is 1.75. The molecule has 2 N–H and O–H groups in total. The summed E-state index contributed by atoms with van der Waals surface area (Å²) in [4.78, 5) is 20.6. The molecule has 2 aromatic rings. The Morgan fingerprint density at radius 3 is 2.75 bits per heavy atom. The van der Waals surface area contributed by atoms with Gasteiger partial charge in [-0.3, -0.25) is 10.1 Å².